The smallest absolute Gasteiger partial charge is 0.260 e. The molecular weight excluding hydrogens is 391 g/mol. The van der Waals surface area contributed by atoms with Gasteiger partial charge in [0.1, 0.15) is 5.82 Å². The van der Waals surface area contributed by atoms with Gasteiger partial charge in [-0.3, -0.25) is 0 Å². The lowest BCUT2D eigenvalue weighted by Gasteiger charge is -2.29. The molecule has 6 nitrogen and oxygen atoms in total. The molecule has 0 spiro atoms. The predicted octanol–water partition coefficient (Wildman–Crippen LogP) is 3.78. The molecule has 1 aromatic heterocycles. The number of benzene rings is 1. The van der Waals surface area contributed by atoms with E-state index >= 15 is 0 Å². The number of anilines is 1. The molecule has 3 rings (SSSR count). The van der Waals surface area contributed by atoms with E-state index in [1.54, 1.807) is 12.1 Å². The summed E-state index contributed by atoms with van der Waals surface area (Å²) in [6.45, 7) is 0.896. The molecule has 0 atom stereocenters. The first kappa shape index (κ1) is 21.2. The van der Waals surface area contributed by atoms with Crippen LogP contribution in [0.2, 0.25) is 0 Å². The predicted molar refractivity (Wildman–Crippen MR) is 109 cm³/mol. The van der Waals surface area contributed by atoms with E-state index in [0.29, 0.717) is 12.5 Å². The molecular formula is C21H25FN4O2S. The number of nitriles is 1. The van der Waals surface area contributed by atoms with Gasteiger partial charge in [-0.15, -0.1) is 0 Å². The minimum absolute atomic E-state index is 0.0281. The van der Waals surface area contributed by atoms with Crippen LogP contribution in [0.5, 0.6) is 0 Å². The van der Waals surface area contributed by atoms with Crippen molar-refractivity contribution in [2.75, 3.05) is 25.0 Å². The molecule has 1 N–H and O–H groups in total. The van der Waals surface area contributed by atoms with E-state index in [9.17, 15) is 12.8 Å². The number of pyridine rings is 1. The minimum Gasteiger partial charge on any atom is -0.381 e. The quantitative estimate of drug-likeness (QED) is 0.708. The third-order valence-electron chi connectivity index (χ3n) is 5.20. The van der Waals surface area contributed by atoms with E-state index < -0.39 is 15.8 Å². The van der Waals surface area contributed by atoms with Gasteiger partial charge < -0.3 is 5.32 Å². The number of rotatable bonds is 8. The highest BCUT2D eigenvalue weighted by atomic mass is 32.2. The molecule has 1 heterocycles. The van der Waals surface area contributed by atoms with Gasteiger partial charge in [-0.2, -0.15) is 9.57 Å². The number of hydrogen-bond acceptors (Lipinski definition) is 5. The average Bonchev–Trinajstić information content (AvgIpc) is 2.75. The molecule has 1 aliphatic carbocycles. The summed E-state index contributed by atoms with van der Waals surface area (Å²) in [6, 6.07) is 10.9. The molecule has 29 heavy (non-hydrogen) atoms. The fraction of sp³-hybridized carbons (Fsp3) is 0.429. The number of hydrogen-bond donors (Lipinski definition) is 1. The Hall–Kier alpha value is -2.50. The van der Waals surface area contributed by atoms with Gasteiger partial charge in [0.05, 0.1) is 17.3 Å². The Labute approximate surface area is 171 Å². The summed E-state index contributed by atoms with van der Waals surface area (Å²) in [6.07, 6.45) is 6.95. The standard InChI is InChI=1S/C21H25FN4O2S/c22-19-14-18(15-23)9-10-20(19)24-12-13-26(16-17-6-2-1-3-7-17)29(27,28)21-8-4-5-11-25-21/h4-5,8-11,14,17,24H,1-3,6-7,12-13,16H2. The van der Waals surface area contributed by atoms with E-state index in [-0.39, 0.29) is 29.4 Å². The van der Waals surface area contributed by atoms with Crippen molar-refractivity contribution >= 4 is 15.7 Å². The summed E-state index contributed by atoms with van der Waals surface area (Å²) in [5, 5.41) is 11.8. The maximum atomic E-state index is 14.1. The molecule has 8 heteroatoms. The first-order valence-corrected chi connectivity index (χ1v) is 11.3. The van der Waals surface area contributed by atoms with Gasteiger partial charge in [0.25, 0.3) is 10.0 Å². The molecule has 0 bridgehead atoms. The lowest BCUT2D eigenvalue weighted by atomic mass is 9.89. The van der Waals surface area contributed by atoms with E-state index in [4.69, 9.17) is 5.26 Å². The Balaban J connectivity index is 1.72. The van der Waals surface area contributed by atoms with Crippen LogP contribution in [0, 0.1) is 23.1 Å². The number of nitrogens with zero attached hydrogens (tertiary/aromatic N) is 3. The zero-order valence-electron chi connectivity index (χ0n) is 16.2. The van der Waals surface area contributed by atoms with Gasteiger partial charge in [-0.05, 0) is 49.1 Å². The van der Waals surface area contributed by atoms with Crippen molar-refractivity contribution in [3.05, 3.63) is 54.0 Å². The average molecular weight is 417 g/mol. The van der Waals surface area contributed by atoms with Crippen LogP contribution in [-0.4, -0.2) is 37.3 Å². The lowest BCUT2D eigenvalue weighted by Crippen LogP contribution is -2.39. The normalized spacial score (nSPS) is 15.2. The van der Waals surface area contributed by atoms with Gasteiger partial charge in [0.2, 0.25) is 0 Å². The first-order chi connectivity index (χ1) is 14.0. The second kappa shape index (κ2) is 9.81. The Morgan fingerprint density at radius 3 is 2.66 bits per heavy atom. The van der Waals surface area contributed by atoms with E-state index in [1.165, 1.54) is 35.1 Å². The summed E-state index contributed by atoms with van der Waals surface area (Å²) in [5.41, 5.74) is 0.488. The molecule has 0 saturated heterocycles. The van der Waals surface area contributed by atoms with Crippen LogP contribution in [0.25, 0.3) is 0 Å². The number of halogens is 1. The monoisotopic (exact) mass is 416 g/mol. The summed E-state index contributed by atoms with van der Waals surface area (Å²) < 4.78 is 41.8. The molecule has 1 aromatic carbocycles. The topological polar surface area (TPSA) is 86.1 Å². The molecule has 2 aromatic rings. The van der Waals surface area contributed by atoms with Crippen LogP contribution in [0.1, 0.15) is 37.7 Å². The Bertz CT molecular complexity index is 954. The summed E-state index contributed by atoms with van der Waals surface area (Å²) in [5.74, 6) is -0.204. The van der Waals surface area contributed by atoms with Crippen molar-refractivity contribution in [1.82, 2.24) is 9.29 Å². The Morgan fingerprint density at radius 2 is 2.00 bits per heavy atom. The molecule has 1 fully saturated rings. The zero-order valence-corrected chi connectivity index (χ0v) is 17.0. The van der Waals surface area contributed by atoms with Crippen molar-refractivity contribution in [3.8, 4) is 6.07 Å². The second-order valence-electron chi connectivity index (χ2n) is 7.27. The Kier molecular flexibility index (Phi) is 7.18. The van der Waals surface area contributed by atoms with E-state index in [2.05, 4.69) is 10.3 Å². The fourth-order valence-electron chi connectivity index (χ4n) is 3.64. The van der Waals surface area contributed by atoms with Crippen molar-refractivity contribution in [1.29, 1.82) is 5.26 Å². The first-order valence-electron chi connectivity index (χ1n) is 9.85. The van der Waals surface area contributed by atoms with Crippen LogP contribution in [-0.2, 0) is 10.0 Å². The molecule has 0 amide bonds. The van der Waals surface area contributed by atoms with Gasteiger partial charge in [0.15, 0.2) is 5.03 Å². The molecule has 1 saturated carbocycles. The van der Waals surface area contributed by atoms with Crippen LogP contribution in [0.4, 0.5) is 10.1 Å². The molecule has 154 valence electrons. The number of sulfonamides is 1. The highest BCUT2D eigenvalue weighted by Gasteiger charge is 2.28. The fourth-order valence-corrected chi connectivity index (χ4v) is 5.09. The van der Waals surface area contributed by atoms with Gasteiger partial charge in [0, 0.05) is 25.8 Å². The molecule has 0 unspecified atom stereocenters. The van der Waals surface area contributed by atoms with Crippen LogP contribution in [0.3, 0.4) is 0 Å². The molecule has 1 aliphatic rings. The Morgan fingerprint density at radius 1 is 1.21 bits per heavy atom. The molecule has 0 aliphatic heterocycles. The third kappa shape index (κ3) is 5.52. The van der Waals surface area contributed by atoms with Crippen molar-refractivity contribution in [2.45, 2.75) is 37.1 Å². The lowest BCUT2D eigenvalue weighted by molar-refractivity contribution is 0.282. The highest BCUT2D eigenvalue weighted by Crippen LogP contribution is 2.26. The summed E-state index contributed by atoms with van der Waals surface area (Å²) in [7, 11) is -3.73. The number of nitrogens with one attached hydrogen (secondary N) is 1. The maximum absolute atomic E-state index is 14.1. The van der Waals surface area contributed by atoms with Crippen LogP contribution < -0.4 is 5.32 Å². The van der Waals surface area contributed by atoms with Gasteiger partial charge in [-0.25, -0.2) is 17.8 Å². The van der Waals surface area contributed by atoms with Gasteiger partial charge in [-0.1, -0.05) is 25.3 Å². The summed E-state index contributed by atoms with van der Waals surface area (Å²) >= 11 is 0. The summed E-state index contributed by atoms with van der Waals surface area (Å²) in [4.78, 5) is 4.02. The SMILES string of the molecule is N#Cc1ccc(NCCN(CC2CCCCC2)S(=O)(=O)c2ccccn2)c(F)c1. The van der Waals surface area contributed by atoms with Gasteiger partial charge >= 0.3 is 0 Å². The molecule has 0 radical (unpaired) electrons. The van der Waals surface area contributed by atoms with Crippen LogP contribution >= 0.6 is 0 Å². The van der Waals surface area contributed by atoms with Crippen molar-refractivity contribution in [2.24, 2.45) is 5.92 Å². The van der Waals surface area contributed by atoms with E-state index in [1.807, 2.05) is 6.07 Å². The van der Waals surface area contributed by atoms with Crippen LogP contribution in [0.15, 0.2) is 47.6 Å². The second-order valence-corrected chi connectivity index (χ2v) is 9.15. The maximum Gasteiger partial charge on any atom is 0.260 e. The third-order valence-corrected chi connectivity index (χ3v) is 6.98. The van der Waals surface area contributed by atoms with E-state index in [0.717, 1.165) is 31.7 Å². The van der Waals surface area contributed by atoms with Crippen molar-refractivity contribution < 1.29 is 12.8 Å². The zero-order chi connectivity index (χ0) is 20.7. The highest BCUT2D eigenvalue weighted by molar-refractivity contribution is 7.89. The largest absolute Gasteiger partial charge is 0.381 e. The minimum atomic E-state index is -3.73. The number of aromatic nitrogens is 1. The van der Waals surface area contributed by atoms with Crippen molar-refractivity contribution in [3.63, 3.8) is 0 Å².